The Morgan fingerprint density at radius 2 is 1.85 bits per heavy atom. The lowest BCUT2D eigenvalue weighted by molar-refractivity contribution is -0.135. The number of hydrogen-bond donors (Lipinski definition) is 2. The van der Waals surface area contributed by atoms with Crippen molar-refractivity contribution in [2.45, 2.75) is 6.54 Å². The molecule has 6 nitrogen and oxygen atoms in total. The average molecular weight is 272 g/mol. The van der Waals surface area contributed by atoms with Gasteiger partial charge in [0.25, 0.3) is 0 Å². The summed E-state index contributed by atoms with van der Waals surface area (Å²) in [6, 6.07) is 11.0. The van der Waals surface area contributed by atoms with Gasteiger partial charge in [-0.1, -0.05) is 30.3 Å². The van der Waals surface area contributed by atoms with Gasteiger partial charge >= 0.3 is 5.97 Å². The van der Waals surface area contributed by atoms with E-state index in [0.717, 1.165) is 5.56 Å². The zero-order valence-corrected chi connectivity index (χ0v) is 10.4. The van der Waals surface area contributed by atoms with Gasteiger partial charge in [-0.3, -0.25) is 9.48 Å². The second kappa shape index (κ2) is 5.83. The number of carbonyl (C=O) groups is 2. The van der Waals surface area contributed by atoms with Crippen molar-refractivity contribution in [1.29, 1.82) is 0 Å². The molecule has 0 fully saturated rings. The fraction of sp³-hybridized carbons (Fsp3) is 0.0714. The van der Waals surface area contributed by atoms with Gasteiger partial charge in [0.1, 0.15) is 5.69 Å². The van der Waals surface area contributed by atoms with Crippen molar-refractivity contribution >= 4 is 11.8 Å². The largest absolute Gasteiger partial charge is 0.502 e. The Bertz CT molecular complexity index is 659. The number of hydrogen-bond acceptors (Lipinski definition) is 4. The van der Waals surface area contributed by atoms with E-state index < -0.39 is 17.5 Å². The molecule has 0 radical (unpaired) electrons. The highest BCUT2D eigenvalue weighted by Crippen LogP contribution is 2.05. The van der Waals surface area contributed by atoms with Gasteiger partial charge in [0.05, 0.1) is 6.54 Å². The molecule has 1 aromatic carbocycles. The van der Waals surface area contributed by atoms with Gasteiger partial charge in [-0.2, -0.15) is 5.10 Å². The second-order valence-electron chi connectivity index (χ2n) is 4.08. The lowest BCUT2D eigenvalue weighted by atomic mass is 10.2. The Morgan fingerprint density at radius 3 is 2.50 bits per heavy atom. The van der Waals surface area contributed by atoms with Crippen molar-refractivity contribution < 1.29 is 19.8 Å². The van der Waals surface area contributed by atoms with Crippen molar-refractivity contribution in [1.82, 2.24) is 9.78 Å². The highest BCUT2D eigenvalue weighted by Gasteiger charge is 2.12. The minimum absolute atomic E-state index is 0.0775. The third-order valence-corrected chi connectivity index (χ3v) is 2.57. The van der Waals surface area contributed by atoms with Gasteiger partial charge < -0.3 is 10.2 Å². The van der Waals surface area contributed by atoms with Gasteiger partial charge in [-0.25, -0.2) is 4.79 Å². The van der Waals surface area contributed by atoms with Crippen LogP contribution in [0.5, 0.6) is 0 Å². The van der Waals surface area contributed by atoms with Crippen LogP contribution in [0.15, 0.2) is 54.4 Å². The van der Waals surface area contributed by atoms with Crippen molar-refractivity contribution in [3.63, 3.8) is 0 Å². The molecule has 2 aromatic rings. The first kappa shape index (κ1) is 13.5. The molecule has 0 saturated carbocycles. The average Bonchev–Trinajstić information content (AvgIpc) is 2.88. The number of carbonyl (C=O) groups excluding carboxylic acids is 1. The molecule has 1 aromatic heterocycles. The molecule has 0 bridgehead atoms. The molecule has 0 aliphatic carbocycles. The van der Waals surface area contributed by atoms with Crippen molar-refractivity contribution in [3.8, 4) is 0 Å². The van der Waals surface area contributed by atoms with E-state index in [9.17, 15) is 9.59 Å². The Labute approximate surface area is 114 Å². The van der Waals surface area contributed by atoms with Gasteiger partial charge in [0, 0.05) is 12.3 Å². The van der Waals surface area contributed by atoms with Crippen LogP contribution in [-0.4, -0.2) is 31.7 Å². The van der Waals surface area contributed by atoms with E-state index >= 15 is 0 Å². The van der Waals surface area contributed by atoms with Crippen LogP contribution in [0.2, 0.25) is 0 Å². The Morgan fingerprint density at radius 1 is 1.15 bits per heavy atom. The van der Waals surface area contributed by atoms with Crippen LogP contribution in [0, 0.1) is 0 Å². The quantitative estimate of drug-likeness (QED) is 0.490. The molecule has 20 heavy (non-hydrogen) atoms. The summed E-state index contributed by atoms with van der Waals surface area (Å²) in [4.78, 5) is 22.1. The third kappa shape index (κ3) is 3.32. The van der Waals surface area contributed by atoms with Crippen molar-refractivity contribution in [2.24, 2.45) is 0 Å². The SMILES string of the molecule is O=C(O)C(O)=CC(=O)c1ccn(Cc2ccccc2)n1. The topological polar surface area (TPSA) is 92.4 Å². The zero-order valence-electron chi connectivity index (χ0n) is 10.4. The summed E-state index contributed by atoms with van der Waals surface area (Å²) in [5.41, 5.74) is 1.10. The number of nitrogens with zero attached hydrogens (tertiary/aromatic N) is 2. The fourth-order valence-electron chi connectivity index (χ4n) is 1.61. The number of ketones is 1. The monoisotopic (exact) mass is 272 g/mol. The smallest absolute Gasteiger partial charge is 0.371 e. The summed E-state index contributed by atoms with van der Waals surface area (Å²) in [6.45, 7) is 0.503. The molecule has 2 rings (SSSR count). The number of allylic oxidation sites excluding steroid dienone is 1. The summed E-state index contributed by atoms with van der Waals surface area (Å²) in [7, 11) is 0. The number of rotatable bonds is 5. The number of aromatic nitrogens is 2. The Balaban J connectivity index is 2.11. The van der Waals surface area contributed by atoms with Crippen LogP contribution in [0.25, 0.3) is 0 Å². The molecule has 0 saturated heterocycles. The molecular formula is C14H12N2O4. The van der Waals surface area contributed by atoms with E-state index in [4.69, 9.17) is 10.2 Å². The third-order valence-electron chi connectivity index (χ3n) is 2.57. The minimum atomic E-state index is -1.55. The molecule has 2 N–H and O–H groups in total. The summed E-state index contributed by atoms with van der Waals surface area (Å²) in [5, 5.41) is 21.5. The lowest BCUT2D eigenvalue weighted by Crippen LogP contribution is -2.06. The van der Waals surface area contributed by atoms with Gasteiger partial charge in [0.15, 0.2) is 0 Å². The van der Waals surface area contributed by atoms with Gasteiger partial charge in [0.2, 0.25) is 11.5 Å². The molecule has 6 heteroatoms. The molecule has 1 heterocycles. The number of aliphatic hydroxyl groups excluding tert-OH is 1. The predicted molar refractivity (Wildman–Crippen MR) is 70.4 cm³/mol. The summed E-state index contributed by atoms with van der Waals surface area (Å²) in [5.74, 6) is -3.22. The highest BCUT2D eigenvalue weighted by atomic mass is 16.4. The number of carboxylic acid groups (broad SMARTS) is 1. The van der Waals surface area contributed by atoms with E-state index in [1.807, 2.05) is 30.3 Å². The summed E-state index contributed by atoms with van der Waals surface area (Å²) < 4.78 is 1.56. The zero-order chi connectivity index (χ0) is 14.5. The maximum Gasteiger partial charge on any atom is 0.371 e. The number of benzene rings is 1. The minimum Gasteiger partial charge on any atom is -0.502 e. The van der Waals surface area contributed by atoms with Crippen molar-refractivity contribution in [2.75, 3.05) is 0 Å². The molecule has 0 aliphatic heterocycles. The van der Waals surface area contributed by atoms with Crippen LogP contribution >= 0.6 is 0 Å². The van der Waals surface area contributed by atoms with Gasteiger partial charge in [-0.05, 0) is 11.6 Å². The molecule has 0 spiro atoms. The molecular weight excluding hydrogens is 260 g/mol. The molecule has 0 aliphatic rings. The molecule has 0 unspecified atom stereocenters. The van der Waals surface area contributed by atoms with Crippen LogP contribution in [0.4, 0.5) is 0 Å². The standard InChI is InChI=1S/C14H12N2O4/c17-12(8-13(18)14(19)20)11-6-7-16(15-11)9-10-4-2-1-3-5-10/h1-8,18H,9H2,(H,19,20). The van der Waals surface area contributed by atoms with Crippen molar-refractivity contribution in [3.05, 3.63) is 65.7 Å². The fourth-order valence-corrected chi connectivity index (χ4v) is 1.61. The lowest BCUT2D eigenvalue weighted by Gasteiger charge is -2.00. The molecule has 0 atom stereocenters. The first-order valence-corrected chi connectivity index (χ1v) is 5.82. The first-order valence-electron chi connectivity index (χ1n) is 5.82. The second-order valence-corrected chi connectivity index (χ2v) is 4.08. The number of aliphatic hydroxyl groups is 1. The van der Waals surface area contributed by atoms with Gasteiger partial charge in [-0.15, -0.1) is 0 Å². The number of aliphatic carboxylic acids is 1. The number of carboxylic acids is 1. The van der Waals surface area contributed by atoms with Crippen LogP contribution < -0.4 is 0 Å². The van der Waals surface area contributed by atoms with E-state index in [-0.39, 0.29) is 5.69 Å². The van der Waals surface area contributed by atoms with E-state index in [1.165, 1.54) is 6.07 Å². The van der Waals surface area contributed by atoms with Crippen LogP contribution in [-0.2, 0) is 11.3 Å². The highest BCUT2D eigenvalue weighted by molar-refractivity contribution is 6.06. The summed E-state index contributed by atoms with van der Waals surface area (Å²) in [6.07, 6.45) is 2.25. The summed E-state index contributed by atoms with van der Waals surface area (Å²) >= 11 is 0. The van der Waals surface area contributed by atoms with Crippen LogP contribution in [0.3, 0.4) is 0 Å². The normalized spacial score (nSPS) is 11.3. The maximum absolute atomic E-state index is 11.6. The first-order chi connectivity index (χ1) is 9.56. The van der Waals surface area contributed by atoms with E-state index in [1.54, 1.807) is 10.9 Å². The molecule has 102 valence electrons. The van der Waals surface area contributed by atoms with Crippen LogP contribution in [0.1, 0.15) is 16.1 Å². The Kier molecular flexibility index (Phi) is 3.95. The molecule has 0 amide bonds. The van der Waals surface area contributed by atoms with E-state index in [2.05, 4.69) is 5.10 Å². The van der Waals surface area contributed by atoms with E-state index in [0.29, 0.717) is 12.6 Å². The Hall–Kier alpha value is -2.89. The predicted octanol–water partition coefficient (Wildman–Crippen LogP) is 1.64. The maximum atomic E-state index is 11.6.